The Morgan fingerprint density at radius 2 is 0.850 bits per heavy atom. The molecule has 104 valence electrons. The average molecular weight is 285 g/mol. The molecule has 0 aliphatic rings. The molecule has 0 radical (unpaired) electrons. The first kappa shape index (κ1) is 14.9. The summed E-state index contributed by atoms with van der Waals surface area (Å²) in [6, 6.07) is 8.43. The number of hydrogen-bond acceptors (Lipinski definition) is 1. The van der Waals surface area contributed by atoms with E-state index in [0.29, 0.717) is 0 Å². The second-order valence-corrected chi connectivity index (χ2v) is 7.29. The van der Waals surface area contributed by atoms with Crippen LogP contribution in [0.3, 0.4) is 0 Å². The second kappa shape index (κ2) is 5.50. The molecule has 2 heteroatoms. The first-order valence-corrected chi connectivity index (χ1v) is 8.20. The van der Waals surface area contributed by atoms with Crippen LogP contribution in [0.25, 0.3) is 0 Å². The van der Waals surface area contributed by atoms with Crippen LogP contribution in [0.2, 0.25) is 0 Å². The van der Waals surface area contributed by atoms with E-state index in [4.69, 9.17) is 0 Å². The zero-order valence-electron chi connectivity index (χ0n) is 13.2. The van der Waals surface area contributed by atoms with E-state index in [-0.39, 0.29) is 0 Å². The average Bonchev–Trinajstić information content (AvgIpc) is 2.37. The van der Waals surface area contributed by atoms with Gasteiger partial charge in [-0.25, -0.2) is 0 Å². The third-order valence-corrected chi connectivity index (χ3v) is 5.90. The zero-order chi connectivity index (χ0) is 15.0. The van der Waals surface area contributed by atoms with Gasteiger partial charge in [0.15, 0.2) is 10.6 Å². The molecule has 0 atom stereocenters. The lowest BCUT2D eigenvalue weighted by Crippen LogP contribution is -2.14. The summed E-state index contributed by atoms with van der Waals surface area (Å²) in [5.41, 5.74) is 7.16. The van der Waals surface area contributed by atoms with Gasteiger partial charge in [-0.05, 0) is 75.9 Å². The van der Waals surface area contributed by atoms with Crippen molar-refractivity contribution in [3.63, 3.8) is 0 Å². The van der Waals surface area contributed by atoms with Crippen molar-refractivity contribution in [1.82, 2.24) is 0 Å². The molecule has 2 aromatic rings. The lowest BCUT2D eigenvalue weighted by atomic mass is 10.1. The molecule has 0 fully saturated rings. The maximum atomic E-state index is 13.0. The van der Waals surface area contributed by atoms with Gasteiger partial charge in [0.05, 0.1) is 0 Å². The molecule has 0 aromatic heterocycles. The van der Waals surface area contributed by atoms with E-state index in [2.05, 4.69) is 52.0 Å². The first-order chi connectivity index (χ1) is 9.31. The molecular weight excluding hydrogens is 263 g/mol. The monoisotopic (exact) mass is 285 g/mol. The molecule has 0 aliphatic carbocycles. The SMILES string of the molecule is Cc1cc(C)c([P+](=O)c2cc(C)c(C)cc2C)cc1C. The van der Waals surface area contributed by atoms with Crippen LogP contribution >= 0.6 is 7.80 Å². The Bertz CT molecular complexity index is 640. The topological polar surface area (TPSA) is 17.1 Å². The Balaban J connectivity index is 2.57. The van der Waals surface area contributed by atoms with Gasteiger partial charge in [0, 0.05) is 11.1 Å². The van der Waals surface area contributed by atoms with E-state index < -0.39 is 7.80 Å². The molecule has 2 aromatic carbocycles. The fraction of sp³-hybridized carbons (Fsp3) is 0.333. The van der Waals surface area contributed by atoms with E-state index >= 15 is 0 Å². The smallest absolute Gasteiger partial charge is 0.0613 e. The normalized spacial score (nSPS) is 10.7. The summed E-state index contributed by atoms with van der Waals surface area (Å²) in [5.74, 6) is 0. The molecule has 0 N–H and O–H groups in total. The highest BCUT2D eigenvalue weighted by atomic mass is 31.1. The van der Waals surface area contributed by atoms with Gasteiger partial charge in [-0.15, -0.1) is 0 Å². The molecule has 0 heterocycles. The predicted octanol–water partition coefficient (Wildman–Crippen LogP) is 4.32. The van der Waals surface area contributed by atoms with E-state index in [0.717, 1.165) is 21.7 Å². The molecule has 0 unspecified atom stereocenters. The van der Waals surface area contributed by atoms with Crippen molar-refractivity contribution < 1.29 is 4.57 Å². The van der Waals surface area contributed by atoms with Gasteiger partial charge in [-0.3, -0.25) is 0 Å². The van der Waals surface area contributed by atoms with Crippen molar-refractivity contribution >= 4 is 18.4 Å². The summed E-state index contributed by atoms with van der Waals surface area (Å²) < 4.78 is 13.0. The molecule has 0 saturated carbocycles. The highest BCUT2D eigenvalue weighted by Crippen LogP contribution is 2.26. The van der Waals surface area contributed by atoms with E-state index in [9.17, 15) is 4.57 Å². The minimum absolute atomic E-state index is 0.967. The van der Waals surface area contributed by atoms with Gasteiger partial charge in [0.25, 0.3) is 0 Å². The van der Waals surface area contributed by atoms with Crippen molar-refractivity contribution in [2.45, 2.75) is 41.5 Å². The van der Waals surface area contributed by atoms with E-state index in [1.54, 1.807) is 0 Å². The summed E-state index contributed by atoms with van der Waals surface area (Å²) in [4.78, 5) is 0. The Hall–Kier alpha value is -1.46. The minimum atomic E-state index is -1.52. The quantitative estimate of drug-likeness (QED) is 0.751. The van der Waals surface area contributed by atoms with Gasteiger partial charge in [0.2, 0.25) is 0 Å². The number of rotatable bonds is 2. The summed E-state index contributed by atoms with van der Waals surface area (Å²) in [6.45, 7) is 12.4. The highest BCUT2D eigenvalue weighted by molar-refractivity contribution is 7.61. The zero-order valence-corrected chi connectivity index (χ0v) is 14.1. The van der Waals surface area contributed by atoms with Crippen LogP contribution in [0.5, 0.6) is 0 Å². The molecule has 0 spiro atoms. The summed E-state index contributed by atoms with van der Waals surface area (Å²) in [5, 5.41) is 1.93. The summed E-state index contributed by atoms with van der Waals surface area (Å²) in [7, 11) is -1.52. The largest absolute Gasteiger partial charge is 0.415 e. The molecule has 0 aliphatic heterocycles. The van der Waals surface area contributed by atoms with Gasteiger partial charge in [0.1, 0.15) is 0 Å². The first-order valence-electron chi connectivity index (χ1n) is 6.94. The lowest BCUT2D eigenvalue weighted by molar-refractivity contribution is 0.598. The fourth-order valence-corrected chi connectivity index (χ4v) is 4.11. The third kappa shape index (κ3) is 2.69. The maximum Gasteiger partial charge on any atom is 0.415 e. The molecule has 0 saturated heterocycles. The number of aryl methyl sites for hydroxylation is 6. The molecule has 0 amide bonds. The summed E-state index contributed by atoms with van der Waals surface area (Å²) >= 11 is 0. The fourth-order valence-electron chi connectivity index (χ4n) is 2.46. The van der Waals surface area contributed by atoms with Crippen LogP contribution in [0.4, 0.5) is 0 Å². The van der Waals surface area contributed by atoms with Gasteiger partial charge in [-0.2, -0.15) is 0 Å². The van der Waals surface area contributed by atoms with Crippen LogP contribution in [-0.2, 0) is 4.57 Å². The van der Waals surface area contributed by atoms with Crippen molar-refractivity contribution in [2.75, 3.05) is 0 Å². The number of benzene rings is 2. The van der Waals surface area contributed by atoms with Crippen LogP contribution in [0.1, 0.15) is 33.4 Å². The molecular formula is C18H22OP+. The van der Waals surface area contributed by atoms with Gasteiger partial charge in [-0.1, -0.05) is 16.7 Å². The van der Waals surface area contributed by atoms with Crippen molar-refractivity contribution in [1.29, 1.82) is 0 Å². The van der Waals surface area contributed by atoms with Crippen molar-refractivity contribution in [3.8, 4) is 0 Å². The Labute approximate surface area is 122 Å². The maximum absolute atomic E-state index is 13.0. The Morgan fingerprint density at radius 1 is 0.550 bits per heavy atom. The second-order valence-electron chi connectivity index (χ2n) is 5.74. The van der Waals surface area contributed by atoms with Gasteiger partial charge >= 0.3 is 7.80 Å². The standard InChI is InChI=1S/C18H22OP/c1-11-7-15(5)17(9-13(11)3)20(19)18-10-14(4)12(2)8-16(18)6/h7-10H,1-6H3/q+1. The number of hydrogen-bond donors (Lipinski definition) is 0. The van der Waals surface area contributed by atoms with Gasteiger partial charge < -0.3 is 0 Å². The molecule has 1 nitrogen and oxygen atoms in total. The van der Waals surface area contributed by atoms with E-state index in [1.807, 2.05) is 13.8 Å². The van der Waals surface area contributed by atoms with Crippen LogP contribution in [0, 0.1) is 41.5 Å². The van der Waals surface area contributed by atoms with Crippen LogP contribution in [0.15, 0.2) is 24.3 Å². The molecule has 20 heavy (non-hydrogen) atoms. The van der Waals surface area contributed by atoms with Crippen LogP contribution in [-0.4, -0.2) is 0 Å². The molecule has 2 rings (SSSR count). The summed E-state index contributed by atoms with van der Waals surface area (Å²) in [6.07, 6.45) is 0. The highest BCUT2D eigenvalue weighted by Gasteiger charge is 2.28. The molecule has 0 bridgehead atoms. The Kier molecular flexibility index (Phi) is 4.11. The lowest BCUT2D eigenvalue weighted by Gasteiger charge is -2.05. The van der Waals surface area contributed by atoms with Crippen molar-refractivity contribution in [2.24, 2.45) is 0 Å². The predicted molar refractivity (Wildman–Crippen MR) is 88.2 cm³/mol. The Morgan fingerprint density at radius 3 is 1.20 bits per heavy atom. The van der Waals surface area contributed by atoms with Crippen LogP contribution < -0.4 is 10.6 Å². The third-order valence-electron chi connectivity index (χ3n) is 4.06. The minimum Gasteiger partial charge on any atom is -0.0613 e. The van der Waals surface area contributed by atoms with E-state index in [1.165, 1.54) is 22.3 Å². The van der Waals surface area contributed by atoms with Crippen molar-refractivity contribution in [3.05, 3.63) is 57.6 Å².